The molecule has 5 heteroatoms. The molecule has 1 aromatic rings. The number of carboxylic acids is 1. The summed E-state index contributed by atoms with van der Waals surface area (Å²) in [7, 11) is 0. The van der Waals surface area contributed by atoms with Crippen molar-refractivity contribution in [1.82, 2.24) is 4.90 Å². The molecule has 3 rings (SSSR count). The molecule has 1 saturated carbocycles. The van der Waals surface area contributed by atoms with Crippen molar-refractivity contribution in [3.8, 4) is 0 Å². The zero-order valence-electron chi connectivity index (χ0n) is 12.7. The highest BCUT2D eigenvalue weighted by Gasteiger charge is 2.47. The van der Waals surface area contributed by atoms with Crippen LogP contribution in [0.4, 0.5) is 0 Å². The fraction of sp³-hybridized carbons (Fsp3) is 0.529. The molecule has 1 aromatic carbocycles. The van der Waals surface area contributed by atoms with Gasteiger partial charge in [0.1, 0.15) is 0 Å². The number of rotatable bonds is 4. The summed E-state index contributed by atoms with van der Waals surface area (Å²) in [6.07, 6.45) is 0.952. The van der Waals surface area contributed by atoms with Gasteiger partial charge in [0.05, 0.1) is 12.5 Å². The van der Waals surface area contributed by atoms with Crippen LogP contribution in [0.15, 0.2) is 24.3 Å². The molecular formula is C17H21NO3S. The highest BCUT2D eigenvalue weighted by Crippen LogP contribution is 2.49. The second kappa shape index (κ2) is 6.32. The molecule has 1 saturated heterocycles. The third-order valence-corrected chi connectivity index (χ3v) is 5.71. The fourth-order valence-electron chi connectivity index (χ4n) is 3.34. The van der Waals surface area contributed by atoms with Crippen LogP contribution < -0.4 is 0 Å². The molecule has 118 valence electrons. The number of benzene rings is 1. The Bertz CT molecular complexity index is 589. The van der Waals surface area contributed by atoms with E-state index in [1.807, 2.05) is 17.0 Å². The molecule has 0 radical (unpaired) electrons. The quantitative estimate of drug-likeness (QED) is 0.926. The number of carbonyl (C=O) groups is 2. The van der Waals surface area contributed by atoms with Crippen LogP contribution in [0.25, 0.3) is 0 Å². The third-order valence-electron chi connectivity index (χ3n) is 4.62. The minimum Gasteiger partial charge on any atom is -0.481 e. The largest absolute Gasteiger partial charge is 0.481 e. The topological polar surface area (TPSA) is 57.6 Å². The predicted octanol–water partition coefficient (Wildman–Crippen LogP) is 2.52. The highest BCUT2D eigenvalue weighted by molar-refractivity contribution is 7.99. The van der Waals surface area contributed by atoms with Crippen molar-refractivity contribution in [3.05, 3.63) is 35.4 Å². The third kappa shape index (κ3) is 3.14. The van der Waals surface area contributed by atoms with E-state index in [-0.39, 0.29) is 24.3 Å². The van der Waals surface area contributed by atoms with Gasteiger partial charge >= 0.3 is 5.97 Å². The number of carboxylic acid groups (broad SMARTS) is 1. The van der Waals surface area contributed by atoms with E-state index in [2.05, 4.69) is 19.1 Å². The van der Waals surface area contributed by atoms with Crippen LogP contribution in [0.3, 0.4) is 0 Å². The van der Waals surface area contributed by atoms with Crippen LogP contribution >= 0.6 is 11.8 Å². The van der Waals surface area contributed by atoms with Gasteiger partial charge in [-0.05, 0) is 30.4 Å². The van der Waals surface area contributed by atoms with Gasteiger partial charge in [0.25, 0.3) is 0 Å². The molecule has 1 N–H and O–H groups in total. The van der Waals surface area contributed by atoms with Crippen molar-refractivity contribution in [3.63, 3.8) is 0 Å². The SMILES string of the molecule is Cc1ccccc1C1CC1C(=O)N1CCSCC1CC(=O)O. The lowest BCUT2D eigenvalue weighted by atomic mass is 10.0. The second-order valence-corrected chi connectivity index (χ2v) is 7.31. The number of hydrogen-bond acceptors (Lipinski definition) is 3. The average molecular weight is 319 g/mol. The fourth-order valence-corrected chi connectivity index (χ4v) is 4.41. The van der Waals surface area contributed by atoms with E-state index in [0.29, 0.717) is 12.5 Å². The maximum atomic E-state index is 12.8. The Balaban J connectivity index is 1.69. The number of aryl methyl sites for hydroxylation is 1. The van der Waals surface area contributed by atoms with Crippen LogP contribution in [0, 0.1) is 12.8 Å². The Kier molecular flexibility index (Phi) is 4.43. The van der Waals surface area contributed by atoms with E-state index >= 15 is 0 Å². The Morgan fingerprint density at radius 2 is 2.14 bits per heavy atom. The normalized spacial score (nSPS) is 27.5. The maximum absolute atomic E-state index is 12.8. The summed E-state index contributed by atoms with van der Waals surface area (Å²) in [4.78, 5) is 25.6. The average Bonchev–Trinajstić information content (AvgIpc) is 3.27. The first kappa shape index (κ1) is 15.4. The number of hydrogen-bond donors (Lipinski definition) is 1. The summed E-state index contributed by atoms with van der Waals surface area (Å²) in [5.41, 5.74) is 2.50. The van der Waals surface area contributed by atoms with Gasteiger partial charge in [-0.15, -0.1) is 0 Å². The first-order valence-corrected chi connectivity index (χ1v) is 8.89. The van der Waals surface area contributed by atoms with E-state index in [1.165, 1.54) is 11.1 Å². The lowest BCUT2D eigenvalue weighted by Crippen LogP contribution is -2.47. The summed E-state index contributed by atoms with van der Waals surface area (Å²) in [5, 5.41) is 9.04. The molecular weight excluding hydrogens is 298 g/mol. The highest BCUT2D eigenvalue weighted by atomic mass is 32.2. The van der Waals surface area contributed by atoms with E-state index < -0.39 is 5.97 Å². The van der Waals surface area contributed by atoms with Crippen molar-refractivity contribution >= 4 is 23.6 Å². The summed E-state index contributed by atoms with van der Waals surface area (Å²) >= 11 is 1.74. The molecule has 22 heavy (non-hydrogen) atoms. The molecule has 4 nitrogen and oxygen atoms in total. The van der Waals surface area contributed by atoms with Crippen LogP contribution in [0.2, 0.25) is 0 Å². The van der Waals surface area contributed by atoms with Gasteiger partial charge in [-0.2, -0.15) is 11.8 Å². The Morgan fingerprint density at radius 1 is 1.36 bits per heavy atom. The maximum Gasteiger partial charge on any atom is 0.305 e. The number of carbonyl (C=O) groups excluding carboxylic acids is 1. The molecule has 2 fully saturated rings. The summed E-state index contributed by atoms with van der Waals surface area (Å²) < 4.78 is 0. The molecule has 1 aliphatic carbocycles. The van der Waals surface area contributed by atoms with Crippen LogP contribution in [-0.2, 0) is 9.59 Å². The molecule has 2 aliphatic rings. The van der Waals surface area contributed by atoms with Crippen molar-refractivity contribution in [2.24, 2.45) is 5.92 Å². The lowest BCUT2D eigenvalue weighted by molar-refractivity contribution is -0.140. The van der Waals surface area contributed by atoms with E-state index in [4.69, 9.17) is 5.11 Å². The first-order valence-electron chi connectivity index (χ1n) is 7.73. The van der Waals surface area contributed by atoms with Gasteiger partial charge < -0.3 is 10.0 Å². The Labute approximate surface area is 134 Å². The van der Waals surface area contributed by atoms with Gasteiger partial charge in [0, 0.05) is 24.0 Å². The Morgan fingerprint density at radius 3 is 2.86 bits per heavy atom. The monoisotopic (exact) mass is 319 g/mol. The van der Waals surface area contributed by atoms with Crippen molar-refractivity contribution in [2.45, 2.75) is 31.7 Å². The minimum absolute atomic E-state index is 0.0421. The van der Waals surface area contributed by atoms with Crippen molar-refractivity contribution in [1.29, 1.82) is 0 Å². The molecule has 3 unspecified atom stereocenters. The predicted molar refractivity (Wildman–Crippen MR) is 87.1 cm³/mol. The van der Waals surface area contributed by atoms with Crippen LogP contribution in [0.5, 0.6) is 0 Å². The zero-order valence-corrected chi connectivity index (χ0v) is 13.5. The van der Waals surface area contributed by atoms with Gasteiger partial charge in [0.2, 0.25) is 5.91 Å². The number of aliphatic carboxylic acids is 1. The van der Waals surface area contributed by atoms with Crippen molar-refractivity contribution < 1.29 is 14.7 Å². The van der Waals surface area contributed by atoms with Gasteiger partial charge in [-0.25, -0.2) is 0 Å². The van der Waals surface area contributed by atoms with Crippen LogP contribution in [-0.4, -0.2) is 46.0 Å². The minimum atomic E-state index is -0.823. The van der Waals surface area contributed by atoms with E-state index in [0.717, 1.165) is 17.9 Å². The van der Waals surface area contributed by atoms with E-state index in [9.17, 15) is 9.59 Å². The van der Waals surface area contributed by atoms with Crippen LogP contribution in [0.1, 0.15) is 29.9 Å². The molecule has 1 amide bonds. The van der Waals surface area contributed by atoms with E-state index in [1.54, 1.807) is 11.8 Å². The molecule has 1 heterocycles. The number of amides is 1. The summed E-state index contributed by atoms with van der Waals surface area (Å²) in [6, 6.07) is 8.07. The molecule has 0 bridgehead atoms. The Hall–Kier alpha value is -1.49. The molecule has 1 aliphatic heterocycles. The number of nitrogens with zero attached hydrogens (tertiary/aromatic N) is 1. The smallest absolute Gasteiger partial charge is 0.305 e. The van der Waals surface area contributed by atoms with Gasteiger partial charge in [-0.1, -0.05) is 24.3 Å². The molecule has 3 atom stereocenters. The standard InChI is InChI=1S/C17H21NO3S/c1-11-4-2-3-5-13(11)14-9-15(14)17(21)18-6-7-22-10-12(18)8-16(19)20/h2-5,12,14-15H,6-10H2,1H3,(H,19,20). The first-order chi connectivity index (χ1) is 10.6. The molecule has 0 spiro atoms. The number of thioether (sulfide) groups is 1. The second-order valence-electron chi connectivity index (χ2n) is 6.16. The van der Waals surface area contributed by atoms with Gasteiger partial charge in [0.15, 0.2) is 0 Å². The lowest BCUT2D eigenvalue weighted by Gasteiger charge is -2.35. The zero-order chi connectivity index (χ0) is 15.7. The van der Waals surface area contributed by atoms with Crippen molar-refractivity contribution in [2.75, 3.05) is 18.1 Å². The summed E-state index contributed by atoms with van der Waals surface area (Å²) in [5.74, 6) is 1.33. The summed E-state index contributed by atoms with van der Waals surface area (Å²) in [6.45, 7) is 2.76. The van der Waals surface area contributed by atoms with Gasteiger partial charge in [-0.3, -0.25) is 9.59 Å². The molecule has 0 aromatic heterocycles.